The molecule has 0 amide bonds. The molecule has 2 rings (SSSR count). The van der Waals surface area contributed by atoms with Gasteiger partial charge in [-0.15, -0.1) is 0 Å². The molecule has 16 heavy (non-hydrogen) atoms. The summed E-state index contributed by atoms with van der Waals surface area (Å²) >= 11 is 2.88. The van der Waals surface area contributed by atoms with Crippen molar-refractivity contribution in [2.45, 2.75) is 22.6 Å². The number of aromatic nitrogens is 2. The number of nitrogens with zero attached hydrogens (tertiary/aromatic N) is 3. The number of hydrogen-bond acceptors (Lipinski definition) is 5. The molecule has 0 aliphatic heterocycles. The van der Waals surface area contributed by atoms with Crippen molar-refractivity contribution in [2.24, 2.45) is 0 Å². The minimum Gasteiger partial charge on any atom is -0.213 e. The second-order valence-electron chi connectivity index (χ2n) is 3.04. The lowest BCUT2D eigenvalue weighted by atomic mass is 10.2. The van der Waals surface area contributed by atoms with Crippen LogP contribution in [-0.2, 0) is 6.42 Å². The largest absolute Gasteiger partial charge is 0.213 e. The minimum absolute atomic E-state index is 0.681. The van der Waals surface area contributed by atoms with Crippen LogP contribution in [0.4, 0.5) is 0 Å². The molecule has 0 unspecified atom stereocenters. The van der Waals surface area contributed by atoms with Crippen molar-refractivity contribution < 1.29 is 0 Å². The van der Waals surface area contributed by atoms with Gasteiger partial charge in [0.05, 0.1) is 5.56 Å². The SMILES string of the molecule is CCc1nsc(Sc2ccccc2C#N)n1. The number of aryl methyl sites for hydroxylation is 1. The van der Waals surface area contributed by atoms with Crippen molar-refractivity contribution in [1.29, 1.82) is 5.26 Å². The van der Waals surface area contributed by atoms with Crippen molar-refractivity contribution >= 4 is 23.3 Å². The molecule has 1 heterocycles. The van der Waals surface area contributed by atoms with E-state index in [1.807, 2.05) is 31.2 Å². The second-order valence-corrected chi connectivity index (χ2v) is 5.08. The van der Waals surface area contributed by atoms with Crippen molar-refractivity contribution in [3.8, 4) is 6.07 Å². The zero-order valence-electron chi connectivity index (χ0n) is 8.67. The van der Waals surface area contributed by atoms with Crippen LogP contribution in [0.25, 0.3) is 0 Å². The topological polar surface area (TPSA) is 49.6 Å². The monoisotopic (exact) mass is 247 g/mol. The summed E-state index contributed by atoms with van der Waals surface area (Å²) in [5.74, 6) is 0.863. The molecule has 0 saturated heterocycles. The highest BCUT2D eigenvalue weighted by Gasteiger charge is 2.07. The Balaban J connectivity index is 2.24. The van der Waals surface area contributed by atoms with Gasteiger partial charge in [0, 0.05) is 11.3 Å². The maximum atomic E-state index is 8.95. The molecule has 80 valence electrons. The van der Waals surface area contributed by atoms with Crippen LogP contribution in [0.2, 0.25) is 0 Å². The van der Waals surface area contributed by atoms with E-state index in [-0.39, 0.29) is 0 Å². The van der Waals surface area contributed by atoms with Crippen LogP contribution in [-0.4, -0.2) is 9.36 Å². The van der Waals surface area contributed by atoms with Crippen LogP contribution in [0.1, 0.15) is 18.3 Å². The Labute approximate surface area is 102 Å². The van der Waals surface area contributed by atoms with Gasteiger partial charge in [-0.3, -0.25) is 0 Å². The highest BCUT2D eigenvalue weighted by molar-refractivity contribution is 8.01. The van der Waals surface area contributed by atoms with E-state index >= 15 is 0 Å². The zero-order chi connectivity index (χ0) is 11.4. The molecule has 3 nitrogen and oxygen atoms in total. The minimum atomic E-state index is 0.681. The van der Waals surface area contributed by atoms with Crippen LogP contribution < -0.4 is 0 Å². The molecule has 5 heteroatoms. The van der Waals surface area contributed by atoms with Gasteiger partial charge in [-0.2, -0.15) is 9.64 Å². The summed E-state index contributed by atoms with van der Waals surface area (Å²) in [5.41, 5.74) is 0.681. The molecule has 0 N–H and O–H groups in total. The lowest BCUT2D eigenvalue weighted by Gasteiger charge is -1.98. The van der Waals surface area contributed by atoms with Gasteiger partial charge >= 0.3 is 0 Å². The molecule has 0 fully saturated rings. The smallest absolute Gasteiger partial charge is 0.174 e. The van der Waals surface area contributed by atoms with Gasteiger partial charge < -0.3 is 0 Å². The summed E-state index contributed by atoms with van der Waals surface area (Å²) in [6.45, 7) is 2.03. The van der Waals surface area contributed by atoms with E-state index in [2.05, 4.69) is 15.4 Å². The van der Waals surface area contributed by atoms with Gasteiger partial charge in [-0.05, 0) is 23.7 Å². The molecule has 0 aliphatic carbocycles. The van der Waals surface area contributed by atoms with Gasteiger partial charge in [0.15, 0.2) is 4.34 Å². The first-order valence-corrected chi connectivity index (χ1v) is 6.42. The normalized spacial score (nSPS) is 10.0. The lowest BCUT2D eigenvalue weighted by molar-refractivity contribution is 0.971. The first kappa shape index (κ1) is 11.1. The Morgan fingerprint density at radius 3 is 2.94 bits per heavy atom. The molecule has 1 aromatic heterocycles. The van der Waals surface area contributed by atoms with E-state index < -0.39 is 0 Å². The number of benzene rings is 1. The number of hydrogen-bond donors (Lipinski definition) is 0. The Hall–Kier alpha value is -1.38. The van der Waals surface area contributed by atoms with E-state index in [1.54, 1.807) is 0 Å². The number of nitriles is 1. The molecular weight excluding hydrogens is 238 g/mol. The van der Waals surface area contributed by atoms with Crippen LogP contribution >= 0.6 is 23.3 Å². The summed E-state index contributed by atoms with van der Waals surface area (Å²) in [4.78, 5) is 5.29. The summed E-state index contributed by atoms with van der Waals surface area (Å²) in [7, 11) is 0. The standard InChI is InChI=1S/C11H9N3S2/c1-2-10-13-11(16-14-10)15-9-6-4-3-5-8(9)7-12/h3-6H,2H2,1H3. The van der Waals surface area contributed by atoms with Gasteiger partial charge in [-0.1, -0.05) is 30.8 Å². The fraction of sp³-hybridized carbons (Fsp3) is 0.182. The molecular formula is C11H9N3S2. The highest BCUT2D eigenvalue weighted by atomic mass is 32.2. The Morgan fingerprint density at radius 1 is 1.44 bits per heavy atom. The summed E-state index contributed by atoms with van der Waals surface area (Å²) in [6.07, 6.45) is 0.844. The van der Waals surface area contributed by atoms with Gasteiger partial charge in [0.2, 0.25) is 0 Å². The quantitative estimate of drug-likeness (QED) is 0.836. The van der Waals surface area contributed by atoms with Crippen molar-refractivity contribution in [3.05, 3.63) is 35.7 Å². The molecule has 2 aromatic rings. The third-order valence-corrected chi connectivity index (χ3v) is 3.84. The first-order chi connectivity index (χ1) is 7.83. The molecule has 0 atom stereocenters. The third kappa shape index (κ3) is 2.40. The van der Waals surface area contributed by atoms with E-state index in [4.69, 9.17) is 5.26 Å². The van der Waals surface area contributed by atoms with Gasteiger partial charge in [0.25, 0.3) is 0 Å². The average molecular weight is 247 g/mol. The highest BCUT2D eigenvalue weighted by Crippen LogP contribution is 2.31. The molecule has 0 radical (unpaired) electrons. The molecule has 0 bridgehead atoms. The molecule has 0 aliphatic rings. The van der Waals surface area contributed by atoms with E-state index in [0.717, 1.165) is 21.5 Å². The lowest BCUT2D eigenvalue weighted by Crippen LogP contribution is -1.82. The predicted octanol–water partition coefficient (Wildman–Crippen LogP) is 3.12. The molecule has 0 saturated carbocycles. The van der Waals surface area contributed by atoms with E-state index in [1.165, 1.54) is 23.3 Å². The van der Waals surface area contributed by atoms with Gasteiger partial charge in [-0.25, -0.2) is 4.98 Å². The second kappa shape index (κ2) is 5.10. The maximum absolute atomic E-state index is 8.95. The van der Waals surface area contributed by atoms with Crippen LogP contribution in [0.3, 0.4) is 0 Å². The van der Waals surface area contributed by atoms with E-state index in [9.17, 15) is 0 Å². The molecule has 1 aromatic carbocycles. The third-order valence-electron chi connectivity index (χ3n) is 1.97. The Morgan fingerprint density at radius 2 is 2.25 bits per heavy atom. The maximum Gasteiger partial charge on any atom is 0.174 e. The number of rotatable bonds is 3. The summed E-state index contributed by atoms with van der Waals surface area (Å²) in [6, 6.07) is 9.69. The average Bonchev–Trinajstić information content (AvgIpc) is 2.77. The van der Waals surface area contributed by atoms with Crippen LogP contribution in [0.5, 0.6) is 0 Å². The Kier molecular flexibility index (Phi) is 3.54. The fourth-order valence-electron chi connectivity index (χ4n) is 1.17. The Bertz CT molecular complexity index is 528. The van der Waals surface area contributed by atoms with E-state index in [0.29, 0.717) is 5.56 Å². The van der Waals surface area contributed by atoms with Crippen molar-refractivity contribution in [3.63, 3.8) is 0 Å². The van der Waals surface area contributed by atoms with Gasteiger partial charge in [0.1, 0.15) is 11.9 Å². The zero-order valence-corrected chi connectivity index (χ0v) is 10.3. The van der Waals surface area contributed by atoms with Crippen LogP contribution in [0.15, 0.2) is 33.5 Å². The fourth-order valence-corrected chi connectivity index (χ4v) is 2.90. The first-order valence-electron chi connectivity index (χ1n) is 4.83. The van der Waals surface area contributed by atoms with Crippen molar-refractivity contribution in [1.82, 2.24) is 9.36 Å². The summed E-state index contributed by atoms with van der Waals surface area (Å²) in [5, 5.41) is 8.95. The summed E-state index contributed by atoms with van der Waals surface area (Å²) < 4.78 is 5.10. The van der Waals surface area contributed by atoms with Crippen LogP contribution in [0, 0.1) is 11.3 Å². The van der Waals surface area contributed by atoms with Crippen molar-refractivity contribution in [2.75, 3.05) is 0 Å². The molecule has 0 spiro atoms. The predicted molar refractivity (Wildman–Crippen MR) is 64.6 cm³/mol.